The Morgan fingerprint density at radius 3 is 2.53 bits per heavy atom. The summed E-state index contributed by atoms with van der Waals surface area (Å²) in [5.41, 5.74) is 1.30. The van der Waals surface area contributed by atoms with Gasteiger partial charge in [0.25, 0.3) is 11.8 Å². The molecule has 0 saturated carbocycles. The van der Waals surface area contributed by atoms with Gasteiger partial charge in [-0.25, -0.2) is 10.2 Å². The second-order valence-corrected chi connectivity index (χ2v) is 6.65. The Morgan fingerprint density at radius 2 is 1.88 bits per heavy atom. The van der Waals surface area contributed by atoms with Gasteiger partial charge in [-0.1, -0.05) is 6.07 Å². The van der Waals surface area contributed by atoms with Gasteiger partial charge in [0.05, 0.1) is 24.3 Å². The highest BCUT2D eigenvalue weighted by atomic mass is 19.4. The molecule has 10 nitrogen and oxygen atoms in total. The van der Waals surface area contributed by atoms with E-state index in [0.29, 0.717) is 5.69 Å². The lowest BCUT2D eigenvalue weighted by atomic mass is 10.2. The molecule has 1 aliphatic heterocycles. The molecule has 4 rings (SSSR count). The van der Waals surface area contributed by atoms with Gasteiger partial charge in [0.2, 0.25) is 5.95 Å². The summed E-state index contributed by atoms with van der Waals surface area (Å²) in [5.74, 6) is -0.938. The van der Waals surface area contributed by atoms with Gasteiger partial charge in [0.1, 0.15) is 0 Å². The number of halogens is 3. The standard InChI is InChI=1S/C19H15F3N6O4/c20-19(21,22)12-2-1-3-14(10-12)27-18(31)24-17(26-27)23-13-6-4-11(5-7-13)16(30)25-28-15(29)8-9-32-28/h1-7,10H,8-9H2,(H,25,30)(H2,23,24,26,31). The molecule has 1 saturated heterocycles. The molecular weight excluding hydrogens is 433 g/mol. The predicted molar refractivity (Wildman–Crippen MR) is 104 cm³/mol. The lowest BCUT2D eigenvalue weighted by Crippen LogP contribution is -2.41. The molecule has 3 N–H and O–H groups in total. The smallest absolute Gasteiger partial charge is 0.324 e. The van der Waals surface area contributed by atoms with E-state index in [-0.39, 0.29) is 36.1 Å². The number of hydrogen-bond donors (Lipinski definition) is 3. The Kier molecular flexibility index (Phi) is 5.40. The number of hydrazine groups is 1. The van der Waals surface area contributed by atoms with Crippen molar-refractivity contribution in [2.45, 2.75) is 12.6 Å². The first-order valence-electron chi connectivity index (χ1n) is 9.21. The van der Waals surface area contributed by atoms with Crippen LogP contribution in [0.2, 0.25) is 0 Å². The number of nitrogens with one attached hydrogen (secondary N) is 3. The Hall–Kier alpha value is -4.13. The van der Waals surface area contributed by atoms with Crippen molar-refractivity contribution in [3.63, 3.8) is 0 Å². The van der Waals surface area contributed by atoms with Crippen LogP contribution in [0.1, 0.15) is 22.3 Å². The number of carbonyl (C=O) groups is 2. The normalized spacial score (nSPS) is 14.0. The van der Waals surface area contributed by atoms with E-state index in [1.807, 2.05) is 0 Å². The zero-order valence-corrected chi connectivity index (χ0v) is 16.1. The maximum atomic E-state index is 12.9. The monoisotopic (exact) mass is 448 g/mol. The summed E-state index contributed by atoms with van der Waals surface area (Å²) in [7, 11) is 0. The minimum Gasteiger partial charge on any atom is -0.324 e. The van der Waals surface area contributed by atoms with Gasteiger partial charge in [0.15, 0.2) is 0 Å². The van der Waals surface area contributed by atoms with Gasteiger partial charge >= 0.3 is 11.9 Å². The topological polar surface area (TPSA) is 121 Å². The zero-order chi connectivity index (χ0) is 22.9. The minimum absolute atomic E-state index is 0.0133. The third-order valence-corrected chi connectivity index (χ3v) is 4.41. The Labute approximate surface area is 177 Å². The lowest BCUT2D eigenvalue weighted by molar-refractivity contribution is -0.173. The summed E-state index contributed by atoms with van der Waals surface area (Å²) >= 11 is 0. The van der Waals surface area contributed by atoms with E-state index in [1.54, 1.807) is 0 Å². The van der Waals surface area contributed by atoms with Crippen LogP contribution < -0.4 is 16.4 Å². The van der Waals surface area contributed by atoms with Gasteiger partial charge < -0.3 is 5.32 Å². The van der Waals surface area contributed by atoms with Crippen LogP contribution in [0.3, 0.4) is 0 Å². The number of H-pyrrole nitrogens is 1. The molecule has 0 aliphatic carbocycles. The molecule has 2 aromatic carbocycles. The molecule has 13 heteroatoms. The number of aromatic amines is 1. The number of alkyl halides is 3. The summed E-state index contributed by atoms with van der Waals surface area (Å²) in [6.45, 7) is 0.188. The molecule has 0 atom stereocenters. The van der Waals surface area contributed by atoms with Crippen molar-refractivity contribution in [1.82, 2.24) is 25.4 Å². The molecule has 0 bridgehead atoms. The Balaban J connectivity index is 1.47. The number of hydrogen-bond acceptors (Lipinski definition) is 6. The van der Waals surface area contributed by atoms with Crippen molar-refractivity contribution in [3.05, 3.63) is 70.1 Å². The summed E-state index contributed by atoms with van der Waals surface area (Å²) < 4.78 is 39.5. The van der Waals surface area contributed by atoms with Crippen LogP contribution in [0.25, 0.3) is 5.69 Å². The van der Waals surface area contributed by atoms with Crippen LogP contribution in [0.5, 0.6) is 0 Å². The summed E-state index contributed by atoms with van der Waals surface area (Å²) in [5, 5.41) is 7.54. The number of benzene rings is 2. The third-order valence-electron chi connectivity index (χ3n) is 4.41. The lowest BCUT2D eigenvalue weighted by Gasteiger charge is -2.14. The molecule has 2 amide bonds. The van der Waals surface area contributed by atoms with Gasteiger partial charge in [-0.15, -0.1) is 10.3 Å². The van der Waals surface area contributed by atoms with E-state index >= 15 is 0 Å². The predicted octanol–water partition coefficient (Wildman–Crippen LogP) is 2.13. The van der Waals surface area contributed by atoms with Gasteiger partial charge in [0, 0.05) is 11.3 Å². The van der Waals surface area contributed by atoms with Crippen LogP contribution >= 0.6 is 0 Å². The van der Waals surface area contributed by atoms with Crippen LogP contribution in [0, 0.1) is 0 Å². The summed E-state index contributed by atoms with van der Waals surface area (Å²) in [6, 6.07) is 10.2. The highest BCUT2D eigenvalue weighted by Gasteiger charge is 2.30. The molecule has 0 unspecified atom stereocenters. The number of rotatable bonds is 5. The first-order chi connectivity index (χ1) is 15.2. The van der Waals surface area contributed by atoms with Crippen molar-refractivity contribution in [2.75, 3.05) is 11.9 Å². The highest BCUT2D eigenvalue weighted by molar-refractivity contribution is 5.95. The molecule has 0 spiro atoms. The molecule has 1 aromatic heterocycles. The van der Waals surface area contributed by atoms with E-state index < -0.39 is 23.3 Å². The van der Waals surface area contributed by atoms with Crippen molar-refractivity contribution < 1.29 is 27.6 Å². The van der Waals surface area contributed by atoms with E-state index in [0.717, 1.165) is 22.0 Å². The molecule has 3 aromatic rings. The quantitative estimate of drug-likeness (QED) is 0.550. The minimum atomic E-state index is -4.56. The Morgan fingerprint density at radius 1 is 1.12 bits per heavy atom. The van der Waals surface area contributed by atoms with Gasteiger partial charge in [-0.2, -0.15) is 17.9 Å². The Bertz CT molecular complexity index is 1220. The van der Waals surface area contributed by atoms with Crippen LogP contribution in [0.15, 0.2) is 53.3 Å². The molecule has 0 radical (unpaired) electrons. The van der Waals surface area contributed by atoms with E-state index in [1.165, 1.54) is 36.4 Å². The van der Waals surface area contributed by atoms with E-state index in [9.17, 15) is 27.6 Å². The molecule has 2 heterocycles. The maximum Gasteiger partial charge on any atom is 0.416 e. The largest absolute Gasteiger partial charge is 0.416 e. The number of anilines is 2. The fourth-order valence-electron chi connectivity index (χ4n) is 2.86. The van der Waals surface area contributed by atoms with Crippen molar-refractivity contribution in [3.8, 4) is 5.69 Å². The maximum absolute atomic E-state index is 12.9. The van der Waals surface area contributed by atoms with Crippen LogP contribution in [-0.2, 0) is 15.8 Å². The molecule has 1 aliphatic rings. The number of aromatic nitrogens is 3. The number of amides is 2. The number of hydroxylamine groups is 1. The fourth-order valence-corrected chi connectivity index (χ4v) is 2.86. The van der Waals surface area contributed by atoms with Crippen molar-refractivity contribution in [2.24, 2.45) is 0 Å². The van der Waals surface area contributed by atoms with Gasteiger partial charge in [-0.3, -0.25) is 19.4 Å². The van der Waals surface area contributed by atoms with Crippen LogP contribution in [0.4, 0.5) is 24.8 Å². The molecule has 166 valence electrons. The zero-order valence-electron chi connectivity index (χ0n) is 16.1. The SMILES string of the molecule is O=C(NN1OCCC1=O)c1ccc(Nc2nn(-c3cccc(C(F)(F)F)c3)c(=O)[nH]2)cc1. The van der Waals surface area contributed by atoms with Crippen LogP contribution in [-0.4, -0.2) is 38.4 Å². The third kappa shape index (κ3) is 4.46. The molecule has 1 fully saturated rings. The van der Waals surface area contributed by atoms with Crippen molar-refractivity contribution in [1.29, 1.82) is 0 Å². The van der Waals surface area contributed by atoms with Gasteiger partial charge in [-0.05, 0) is 42.5 Å². The van der Waals surface area contributed by atoms with E-state index in [4.69, 9.17) is 4.84 Å². The van der Waals surface area contributed by atoms with Crippen molar-refractivity contribution >= 4 is 23.5 Å². The molecule has 32 heavy (non-hydrogen) atoms. The average Bonchev–Trinajstić information content (AvgIpc) is 3.33. The first-order valence-corrected chi connectivity index (χ1v) is 9.21. The second kappa shape index (κ2) is 8.19. The average molecular weight is 448 g/mol. The highest BCUT2D eigenvalue weighted by Crippen LogP contribution is 2.30. The second-order valence-electron chi connectivity index (χ2n) is 6.65. The number of nitrogens with zero attached hydrogens (tertiary/aromatic N) is 3. The van der Waals surface area contributed by atoms with E-state index in [2.05, 4.69) is 20.8 Å². The first kappa shape index (κ1) is 21.1. The summed E-state index contributed by atoms with van der Waals surface area (Å²) in [6.07, 6.45) is -4.38. The fraction of sp³-hybridized carbons (Fsp3) is 0.158. The number of carbonyl (C=O) groups excluding carboxylic acids is 2. The molecular formula is C19H15F3N6O4. The summed E-state index contributed by atoms with van der Waals surface area (Å²) in [4.78, 5) is 43.2.